The van der Waals surface area contributed by atoms with Crippen LogP contribution in [0.15, 0.2) is 30.3 Å². The third-order valence-corrected chi connectivity index (χ3v) is 2.22. The lowest BCUT2D eigenvalue weighted by Gasteiger charge is -2.15. The Hall–Kier alpha value is -1.35. The summed E-state index contributed by atoms with van der Waals surface area (Å²) in [5.74, 6) is -0.157. The summed E-state index contributed by atoms with van der Waals surface area (Å²) >= 11 is 0. The fraction of sp³-hybridized carbons (Fsp3) is 0.417. The first-order valence-corrected chi connectivity index (χ1v) is 5.01. The van der Waals surface area contributed by atoms with E-state index in [4.69, 9.17) is 0 Å². The van der Waals surface area contributed by atoms with Gasteiger partial charge in [-0.1, -0.05) is 30.3 Å². The molecule has 0 aliphatic heterocycles. The smallest absolute Gasteiger partial charge is 0.306 e. The van der Waals surface area contributed by atoms with Crippen LogP contribution in [0.1, 0.15) is 12.0 Å². The lowest BCUT2D eigenvalue weighted by atomic mass is 10.2. The van der Waals surface area contributed by atoms with Crippen LogP contribution < -0.4 is 0 Å². The van der Waals surface area contributed by atoms with Gasteiger partial charge in [0.25, 0.3) is 0 Å². The van der Waals surface area contributed by atoms with Crippen LogP contribution in [0, 0.1) is 0 Å². The summed E-state index contributed by atoms with van der Waals surface area (Å²) < 4.78 is 4.59. The molecule has 0 saturated carbocycles. The highest BCUT2D eigenvalue weighted by Crippen LogP contribution is 2.02. The van der Waals surface area contributed by atoms with Gasteiger partial charge in [0, 0.05) is 13.1 Å². The monoisotopic (exact) mass is 207 g/mol. The van der Waals surface area contributed by atoms with Gasteiger partial charge in [-0.3, -0.25) is 4.79 Å². The Balaban J connectivity index is 2.30. The number of carbonyl (C=O) groups is 1. The number of ether oxygens (including phenoxy) is 1. The van der Waals surface area contributed by atoms with Gasteiger partial charge in [-0.2, -0.15) is 0 Å². The minimum Gasteiger partial charge on any atom is -0.469 e. The van der Waals surface area contributed by atoms with Crippen molar-refractivity contribution < 1.29 is 9.53 Å². The van der Waals surface area contributed by atoms with Crippen molar-refractivity contribution in [3.63, 3.8) is 0 Å². The van der Waals surface area contributed by atoms with Gasteiger partial charge in [-0.15, -0.1) is 0 Å². The highest BCUT2D eigenvalue weighted by Gasteiger charge is 2.04. The van der Waals surface area contributed by atoms with E-state index < -0.39 is 0 Å². The molecule has 0 fully saturated rings. The molecule has 1 aromatic rings. The molecular weight excluding hydrogens is 190 g/mol. The summed E-state index contributed by atoms with van der Waals surface area (Å²) in [7, 11) is 3.41. The molecule has 3 nitrogen and oxygen atoms in total. The summed E-state index contributed by atoms with van der Waals surface area (Å²) in [5, 5.41) is 0. The van der Waals surface area contributed by atoms with Gasteiger partial charge in [-0.05, 0) is 12.6 Å². The van der Waals surface area contributed by atoms with E-state index in [1.54, 1.807) is 0 Å². The zero-order chi connectivity index (χ0) is 11.1. The molecule has 82 valence electrons. The molecule has 0 aliphatic carbocycles. The first-order chi connectivity index (χ1) is 7.22. The van der Waals surface area contributed by atoms with E-state index in [-0.39, 0.29) is 5.97 Å². The number of methoxy groups -OCH3 is 1. The van der Waals surface area contributed by atoms with Crippen LogP contribution in [-0.2, 0) is 16.1 Å². The van der Waals surface area contributed by atoms with Crippen molar-refractivity contribution in [1.82, 2.24) is 4.90 Å². The first-order valence-electron chi connectivity index (χ1n) is 5.01. The Morgan fingerprint density at radius 3 is 2.60 bits per heavy atom. The van der Waals surface area contributed by atoms with Crippen molar-refractivity contribution in [2.45, 2.75) is 13.0 Å². The molecule has 15 heavy (non-hydrogen) atoms. The predicted molar refractivity (Wildman–Crippen MR) is 59.4 cm³/mol. The van der Waals surface area contributed by atoms with Gasteiger partial charge in [0.1, 0.15) is 0 Å². The molecule has 0 N–H and O–H groups in total. The van der Waals surface area contributed by atoms with Crippen LogP contribution >= 0.6 is 0 Å². The highest BCUT2D eigenvalue weighted by atomic mass is 16.5. The van der Waals surface area contributed by atoms with Crippen molar-refractivity contribution in [2.24, 2.45) is 0 Å². The molecule has 0 heterocycles. The summed E-state index contributed by atoms with van der Waals surface area (Å²) in [4.78, 5) is 13.0. The average molecular weight is 207 g/mol. The minimum atomic E-state index is -0.157. The largest absolute Gasteiger partial charge is 0.469 e. The number of rotatable bonds is 5. The summed E-state index contributed by atoms with van der Waals surface area (Å²) in [5.41, 5.74) is 1.25. The zero-order valence-corrected chi connectivity index (χ0v) is 9.27. The average Bonchev–Trinajstić information content (AvgIpc) is 2.27. The minimum absolute atomic E-state index is 0.157. The van der Waals surface area contributed by atoms with E-state index in [1.165, 1.54) is 12.7 Å². The maximum atomic E-state index is 10.9. The van der Waals surface area contributed by atoms with Crippen molar-refractivity contribution in [3.8, 4) is 0 Å². The lowest BCUT2D eigenvalue weighted by molar-refractivity contribution is -0.140. The van der Waals surface area contributed by atoms with Crippen molar-refractivity contribution in [3.05, 3.63) is 35.9 Å². The molecule has 0 amide bonds. The van der Waals surface area contributed by atoms with Crippen LogP contribution in [0.4, 0.5) is 0 Å². The third-order valence-electron chi connectivity index (χ3n) is 2.22. The summed E-state index contributed by atoms with van der Waals surface area (Å²) in [6.07, 6.45) is 0.444. The topological polar surface area (TPSA) is 29.5 Å². The second-order valence-electron chi connectivity index (χ2n) is 3.55. The SMILES string of the molecule is COC(=O)CCN(C)Cc1ccccc1. The molecule has 0 aliphatic rings. The van der Waals surface area contributed by atoms with Gasteiger partial charge in [0.2, 0.25) is 0 Å². The molecule has 0 bridgehead atoms. The molecular formula is C12H17NO2. The molecule has 0 radical (unpaired) electrons. The number of carbonyl (C=O) groups excluding carboxylic acids is 1. The van der Waals surface area contributed by atoms with E-state index >= 15 is 0 Å². The Kier molecular flexibility index (Phi) is 4.84. The van der Waals surface area contributed by atoms with Gasteiger partial charge in [0.15, 0.2) is 0 Å². The summed E-state index contributed by atoms with van der Waals surface area (Å²) in [6.45, 7) is 1.58. The quantitative estimate of drug-likeness (QED) is 0.688. The van der Waals surface area contributed by atoms with E-state index in [9.17, 15) is 4.79 Å². The number of nitrogens with zero attached hydrogens (tertiary/aromatic N) is 1. The second kappa shape index (κ2) is 6.19. The van der Waals surface area contributed by atoms with Crippen molar-refractivity contribution >= 4 is 5.97 Å². The number of hydrogen-bond acceptors (Lipinski definition) is 3. The molecule has 0 atom stereocenters. The molecule has 1 rings (SSSR count). The predicted octanol–water partition coefficient (Wildman–Crippen LogP) is 1.68. The van der Waals surface area contributed by atoms with Crippen LogP contribution in [0.5, 0.6) is 0 Å². The molecule has 3 heteroatoms. The number of esters is 1. The lowest BCUT2D eigenvalue weighted by Crippen LogP contribution is -2.21. The fourth-order valence-electron chi connectivity index (χ4n) is 1.36. The zero-order valence-electron chi connectivity index (χ0n) is 9.27. The fourth-order valence-corrected chi connectivity index (χ4v) is 1.36. The molecule has 0 spiro atoms. The Labute approximate surface area is 90.7 Å². The molecule has 0 aromatic heterocycles. The Bertz CT molecular complexity index is 298. The first kappa shape index (κ1) is 11.7. The number of benzene rings is 1. The van der Waals surface area contributed by atoms with Gasteiger partial charge in [-0.25, -0.2) is 0 Å². The van der Waals surface area contributed by atoms with Gasteiger partial charge >= 0.3 is 5.97 Å². The maximum Gasteiger partial charge on any atom is 0.306 e. The van der Waals surface area contributed by atoms with Crippen molar-refractivity contribution in [1.29, 1.82) is 0 Å². The van der Waals surface area contributed by atoms with E-state index in [0.717, 1.165) is 13.1 Å². The standard InChI is InChI=1S/C12H17NO2/c1-13(9-8-12(14)15-2)10-11-6-4-3-5-7-11/h3-7H,8-10H2,1-2H3. The molecule has 1 aromatic carbocycles. The third kappa shape index (κ3) is 4.61. The van der Waals surface area contributed by atoms with E-state index in [2.05, 4.69) is 21.8 Å². The highest BCUT2D eigenvalue weighted by molar-refractivity contribution is 5.69. The summed E-state index contributed by atoms with van der Waals surface area (Å²) in [6, 6.07) is 10.2. The number of hydrogen-bond donors (Lipinski definition) is 0. The van der Waals surface area contributed by atoms with Crippen LogP contribution in [0.2, 0.25) is 0 Å². The van der Waals surface area contributed by atoms with Crippen LogP contribution in [0.25, 0.3) is 0 Å². The Morgan fingerprint density at radius 2 is 2.00 bits per heavy atom. The van der Waals surface area contributed by atoms with Crippen molar-refractivity contribution in [2.75, 3.05) is 20.7 Å². The normalized spacial score (nSPS) is 10.3. The molecule has 0 unspecified atom stereocenters. The molecule has 0 saturated heterocycles. The van der Waals surface area contributed by atoms with Gasteiger partial charge in [0.05, 0.1) is 13.5 Å². The second-order valence-corrected chi connectivity index (χ2v) is 3.55. The maximum absolute atomic E-state index is 10.9. The van der Waals surface area contributed by atoms with Crippen LogP contribution in [-0.4, -0.2) is 31.6 Å². The van der Waals surface area contributed by atoms with Gasteiger partial charge < -0.3 is 9.64 Å². The van der Waals surface area contributed by atoms with E-state index in [0.29, 0.717) is 6.42 Å². The van der Waals surface area contributed by atoms with Crippen LogP contribution in [0.3, 0.4) is 0 Å². The Morgan fingerprint density at radius 1 is 1.33 bits per heavy atom. The van der Waals surface area contributed by atoms with E-state index in [1.807, 2.05) is 25.2 Å².